The highest BCUT2D eigenvalue weighted by Crippen LogP contribution is 2.28. The van der Waals surface area contributed by atoms with E-state index in [1.54, 1.807) is 10.5 Å². The van der Waals surface area contributed by atoms with E-state index >= 15 is 0 Å². The molecule has 0 amide bonds. The summed E-state index contributed by atoms with van der Waals surface area (Å²) in [5.41, 5.74) is 3.77. The van der Waals surface area contributed by atoms with Gasteiger partial charge in [-0.05, 0) is 30.0 Å². The molecule has 0 aliphatic heterocycles. The van der Waals surface area contributed by atoms with Crippen molar-refractivity contribution in [3.63, 3.8) is 0 Å². The Morgan fingerprint density at radius 3 is 2.64 bits per heavy atom. The molecule has 28 heavy (non-hydrogen) atoms. The topological polar surface area (TPSA) is 73.3 Å². The number of thiazole rings is 1. The van der Waals surface area contributed by atoms with Crippen LogP contribution in [0.2, 0.25) is 0 Å². The molecule has 0 saturated carbocycles. The van der Waals surface area contributed by atoms with Crippen molar-refractivity contribution in [3.05, 3.63) is 63.0 Å². The second-order valence-electron chi connectivity index (χ2n) is 7.57. The van der Waals surface area contributed by atoms with Crippen molar-refractivity contribution >= 4 is 28.1 Å². The molecule has 0 N–H and O–H groups in total. The zero-order chi connectivity index (χ0) is 19.9. The Balaban J connectivity index is 1.49. The van der Waals surface area contributed by atoms with Crippen molar-refractivity contribution in [2.45, 2.75) is 44.1 Å². The van der Waals surface area contributed by atoms with Crippen LogP contribution >= 0.6 is 23.1 Å². The third-order valence-corrected chi connectivity index (χ3v) is 6.17. The van der Waals surface area contributed by atoms with Gasteiger partial charge in [-0.25, -0.2) is 4.98 Å². The molecule has 0 aliphatic carbocycles. The largest absolute Gasteiger partial charge is 0.411 e. The zero-order valence-electron chi connectivity index (χ0n) is 16.1. The molecular formula is C20H20N4O2S2. The average molecular weight is 413 g/mol. The lowest BCUT2D eigenvalue weighted by Crippen LogP contribution is -2.14. The Hall–Kier alpha value is -2.45. The average Bonchev–Trinajstić information content (AvgIpc) is 3.27. The highest BCUT2D eigenvalue weighted by molar-refractivity contribution is 7.98. The third-order valence-electron chi connectivity index (χ3n) is 4.38. The molecule has 8 heteroatoms. The summed E-state index contributed by atoms with van der Waals surface area (Å²) in [6.45, 7) is 8.43. The summed E-state index contributed by atoms with van der Waals surface area (Å²) in [5, 5.41) is 10.6. The standard InChI is InChI=1S/C20H20N4O2S2/c1-12-10-27-18-21-15(9-16(25)24(12)18)11-28-19-23-22-17(26-19)13-5-7-14(8-6-13)20(2,3)4/h5-10H,11H2,1-4H3. The van der Waals surface area contributed by atoms with Crippen LogP contribution in [-0.2, 0) is 11.2 Å². The number of thioether (sulfide) groups is 1. The molecule has 3 heterocycles. The van der Waals surface area contributed by atoms with Crippen LogP contribution in [0.4, 0.5) is 0 Å². The van der Waals surface area contributed by atoms with Gasteiger partial charge in [0, 0.05) is 28.5 Å². The molecule has 4 rings (SSSR count). The number of nitrogens with zero attached hydrogens (tertiary/aromatic N) is 4. The molecule has 6 nitrogen and oxygen atoms in total. The summed E-state index contributed by atoms with van der Waals surface area (Å²) in [6.07, 6.45) is 0. The number of rotatable bonds is 4. The van der Waals surface area contributed by atoms with Gasteiger partial charge in [0.1, 0.15) is 0 Å². The Morgan fingerprint density at radius 1 is 1.18 bits per heavy atom. The van der Waals surface area contributed by atoms with E-state index < -0.39 is 0 Å². The minimum absolute atomic E-state index is 0.0653. The Morgan fingerprint density at radius 2 is 1.93 bits per heavy atom. The van der Waals surface area contributed by atoms with Crippen molar-refractivity contribution in [2.24, 2.45) is 0 Å². The van der Waals surface area contributed by atoms with Crippen molar-refractivity contribution in [2.75, 3.05) is 0 Å². The molecule has 0 spiro atoms. The zero-order valence-corrected chi connectivity index (χ0v) is 17.7. The van der Waals surface area contributed by atoms with Crippen molar-refractivity contribution < 1.29 is 4.42 Å². The van der Waals surface area contributed by atoms with Crippen LogP contribution < -0.4 is 5.56 Å². The summed E-state index contributed by atoms with van der Waals surface area (Å²) >= 11 is 2.83. The van der Waals surface area contributed by atoms with Crippen LogP contribution in [-0.4, -0.2) is 19.6 Å². The first-order valence-corrected chi connectivity index (χ1v) is 10.7. The maximum atomic E-state index is 12.2. The van der Waals surface area contributed by atoms with E-state index in [9.17, 15) is 4.79 Å². The lowest BCUT2D eigenvalue weighted by Gasteiger charge is -2.18. The minimum atomic E-state index is -0.0653. The van der Waals surface area contributed by atoms with Crippen LogP contribution in [0.25, 0.3) is 16.4 Å². The van der Waals surface area contributed by atoms with Gasteiger partial charge in [-0.2, -0.15) is 0 Å². The van der Waals surface area contributed by atoms with E-state index in [4.69, 9.17) is 4.42 Å². The molecule has 3 aromatic heterocycles. The minimum Gasteiger partial charge on any atom is -0.411 e. The molecule has 0 saturated heterocycles. The lowest BCUT2D eigenvalue weighted by molar-refractivity contribution is 0.465. The summed E-state index contributed by atoms with van der Waals surface area (Å²) in [4.78, 5) is 17.5. The molecule has 0 unspecified atom stereocenters. The van der Waals surface area contributed by atoms with Gasteiger partial charge in [0.2, 0.25) is 5.89 Å². The van der Waals surface area contributed by atoms with Crippen LogP contribution in [0.15, 0.2) is 50.1 Å². The van der Waals surface area contributed by atoms with Crippen LogP contribution in [0.5, 0.6) is 0 Å². The first-order valence-electron chi connectivity index (χ1n) is 8.85. The molecule has 4 aromatic rings. The lowest BCUT2D eigenvalue weighted by atomic mass is 9.87. The molecule has 0 fully saturated rings. The van der Waals surface area contributed by atoms with Crippen molar-refractivity contribution in [1.29, 1.82) is 0 Å². The van der Waals surface area contributed by atoms with E-state index in [2.05, 4.69) is 48.1 Å². The highest BCUT2D eigenvalue weighted by Gasteiger charge is 2.15. The fourth-order valence-corrected chi connectivity index (χ4v) is 4.35. The van der Waals surface area contributed by atoms with Gasteiger partial charge in [-0.15, -0.1) is 21.5 Å². The first kappa shape index (κ1) is 18.9. The van der Waals surface area contributed by atoms with Crippen LogP contribution in [0.1, 0.15) is 37.7 Å². The number of hydrogen-bond acceptors (Lipinski definition) is 7. The van der Waals surface area contributed by atoms with Gasteiger partial charge in [-0.1, -0.05) is 44.7 Å². The number of fused-ring (bicyclic) bond motifs is 1. The van der Waals surface area contributed by atoms with Crippen molar-refractivity contribution in [1.82, 2.24) is 19.6 Å². The number of benzene rings is 1. The number of aryl methyl sites for hydroxylation is 1. The Kier molecular flexibility index (Phi) is 4.84. The van der Waals surface area contributed by atoms with Crippen LogP contribution in [0, 0.1) is 6.92 Å². The van der Waals surface area contributed by atoms with E-state index in [0.29, 0.717) is 27.5 Å². The maximum absolute atomic E-state index is 12.2. The third kappa shape index (κ3) is 3.74. The molecular weight excluding hydrogens is 392 g/mol. The molecule has 0 aliphatic rings. The van der Waals surface area contributed by atoms with Gasteiger partial charge in [-0.3, -0.25) is 9.20 Å². The van der Waals surface area contributed by atoms with Gasteiger partial charge < -0.3 is 4.42 Å². The Bertz CT molecular complexity index is 1180. The monoisotopic (exact) mass is 412 g/mol. The predicted octanol–water partition coefficient (Wildman–Crippen LogP) is 4.70. The SMILES string of the molecule is Cc1csc2nc(CSc3nnc(-c4ccc(C(C)(C)C)cc4)o3)cc(=O)n12. The predicted molar refractivity (Wildman–Crippen MR) is 112 cm³/mol. The summed E-state index contributed by atoms with van der Waals surface area (Å²) < 4.78 is 7.39. The first-order chi connectivity index (χ1) is 13.3. The maximum Gasteiger partial charge on any atom is 0.277 e. The molecule has 1 aromatic carbocycles. The summed E-state index contributed by atoms with van der Waals surface area (Å²) in [6, 6.07) is 9.72. The normalized spacial score (nSPS) is 12.0. The van der Waals surface area contributed by atoms with Gasteiger partial charge in [0.25, 0.3) is 10.8 Å². The van der Waals surface area contributed by atoms with Gasteiger partial charge >= 0.3 is 0 Å². The summed E-state index contributed by atoms with van der Waals surface area (Å²) in [5.74, 6) is 0.980. The van der Waals surface area contributed by atoms with Crippen LogP contribution in [0.3, 0.4) is 0 Å². The molecule has 0 bridgehead atoms. The smallest absolute Gasteiger partial charge is 0.277 e. The van der Waals surface area contributed by atoms with Crippen molar-refractivity contribution in [3.8, 4) is 11.5 Å². The fourth-order valence-electron chi connectivity index (χ4n) is 2.81. The van der Waals surface area contributed by atoms with E-state index in [1.165, 1.54) is 28.7 Å². The summed E-state index contributed by atoms with van der Waals surface area (Å²) in [7, 11) is 0. The van der Waals surface area contributed by atoms with E-state index in [1.807, 2.05) is 24.4 Å². The quantitative estimate of drug-likeness (QED) is 0.452. The fraction of sp³-hybridized carbons (Fsp3) is 0.300. The van der Waals surface area contributed by atoms with E-state index in [-0.39, 0.29) is 11.0 Å². The molecule has 0 radical (unpaired) electrons. The van der Waals surface area contributed by atoms with Gasteiger partial charge in [0.15, 0.2) is 4.96 Å². The second kappa shape index (κ2) is 7.18. The molecule has 144 valence electrons. The number of aromatic nitrogens is 4. The number of hydrogen-bond donors (Lipinski definition) is 0. The van der Waals surface area contributed by atoms with E-state index in [0.717, 1.165) is 11.3 Å². The highest BCUT2D eigenvalue weighted by atomic mass is 32.2. The molecule has 0 atom stereocenters. The second-order valence-corrected chi connectivity index (χ2v) is 9.33. The Labute approximate surface area is 170 Å². The van der Waals surface area contributed by atoms with Gasteiger partial charge in [0.05, 0.1) is 5.69 Å².